The van der Waals surface area contributed by atoms with Gasteiger partial charge in [0, 0.05) is 40.5 Å². The van der Waals surface area contributed by atoms with Crippen LogP contribution in [0.3, 0.4) is 0 Å². The summed E-state index contributed by atoms with van der Waals surface area (Å²) < 4.78 is 48.6. The Labute approximate surface area is 248 Å². The number of carbonyl (C=O) groups is 2. The van der Waals surface area contributed by atoms with Gasteiger partial charge >= 0.3 is 35.1 Å². The maximum absolute atomic E-state index is 12.4. The largest absolute Gasteiger partial charge is 1.00 e. The molecule has 1 aliphatic heterocycles. The number of carboxylic acids is 1. The summed E-state index contributed by atoms with van der Waals surface area (Å²) in [5, 5.41) is 14.4. The molecular formula is C26H20ClF3NNaO5S. The van der Waals surface area contributed by atoms with Crippen LogP contribution in [0, 0.1) is 0 Å². The summed E-state index contributed by atoms with van der Waals surface area (Å²) in [5.41, 5.74) is -2.71. The molecule has 1 atom stereocenters. The Morgan fingerprint density at radius 3 is 2.42 bits per heavy atom. The summed E-state index contributed by atoms with van der Waals surface area (Å²) in [6, 6.07) is 15.3. The van der Waals surface area contributed by atoms with Gasteiger partial charge < -0.3 is 24.7 Å². The average molecular weight is 574 g/mol. The molecule has 12 heteroatoms. The van der Waals surface area contributed by atoms with E-state index in [1.807, 2.05) is 0 Å². The molecule has 0 aromatic heterocycles. The molecule has 3 aromatic carbocycles. The number of ether oxygens (including phenoxy) is 2. The van der Waals surface area contributed by atoms with Gasteiger partial charge in [0.1, 0.15) is 17.2 Å². The van der Waals surface area contributed by atoms with Crippen LogP contribution in [0.2, 0.25) is 5.02 Å². The molecule has 0 fully saturated rings. The minimum atomic E-state index is -4.33. The molecule has 1 unspecified atom stereocenters. The fourth-order valence-corrected chi connectivity index (χ4v) is 4.54. The minimum Gasteiger partial charge on any atom is -0.549 e. The molecule has 6 nitrogen and oxygen atoms in total. The fourth-order valence-electron chi connectivity index (χ4n) is 3.79. The Morgan fingerprint density at radius 1 is 1.11 bits per heavy atom. The van der Waals surface area contributed by atoms with Crippen molar-refractivity contribution in [2.24, 2.45) is 0 Å². The number of alkyl halides is 3. The molecule has 0 saturated carbocycles. The molecule has 194 valence electrons. The van der Waals surface area contributed by atoms with Gasteiger partial charge in [-0.2, -0.15) is 13.2 Å². The predicted octanol–water partition coefficient (Wildman–Crippen LogP) is 2.34. The topological polar surface area (TPSA) is 87.7 Å². The normalized spacial score (nSPS) is 14.5. The molecule has 0 saturated heterocycles. The first-order valence-corrected chi connectivity index (χ1v) is 12.4. The van der Waals surface area contributed by atoms with E-state index in [0.717, 1.165) is 5.56 Å². The Morgan fingerprint density at radius 2 is 1.79 bits per heavy atom. The maximum Gasteiger partial charge on any atom is 1.00 e. The number of amides is 1. The van der Waals surface area contributed by atoms with Gasteiger partial charge in [-0.15, -0.1) is 0 Å². The maximum atomic E-state index is 12.4. The predicted molar refractivity (Wildman–Crippen MR) is 130 cm³/mol. The number of nitrogens with one attached hydrogen (secondary N) is 1. The van der Waals surface area contributed by atoms with E-state index in [0.29, 0.717) is 42.0 Å². The van der Waals surface area contributed by atoms with Crippen molar-refractivity contribution >= 4 is 35.2 Å². The third kappa shape index (κ3) is 8.07. The van der Waals surface area contributed by atoms with Crippen LogP contribution in [-0.4, -0.2) is 30.5 Å². The van der Waals surface area contributed by atoms with Gasteiger partial charge in [-0.05, 0) is 72.6 Å². The summed E-state index contributed by atoms with van der Waals surface area (Å²) >= 11 is 6.13. The number of carbonyl (C=O) groups excluding carboxylic acids is 2. The second kappa shape index (κ2) is 13.1. The SMILES string of the molecule is O=C(NCCc1ccc(SC(F)(F)F)cc1)c1ccc(Oc2cc3c(cc2Cl)C(C(=O)[O-])CCO3)cc1.[Na+]. The number of halogens is 4. The molecule has 1 amide bonds. The van der Waals surface area contributed by atoms with Gasteiger partial charge in [0.15, 0.2) is 0 Å². The summed E-state index contributed by atoms with van der Waals surface area (Å²) in [7, 11) is 0. The van der Waals surface area contributed by atoms with Crippen molar-refractivity contribution in [1.82, 2.24) is 5.32 Å². The smallest absolute Gasteiger partial charge is 0.549 e. The van der Waals surface area contributed by atoms with Crippen molar-refractivity contribution in [2.75, 3.05) is 13.2 Å². The Kier molecular flexibility index (Phi) is 10.4. The van der Waals surface area contributed by atoms with Crippen LogP contribution in [0.1, 0.15) is 33.8 Å². The van der Waals surface area contributed by atoms with Crippen LogP contribution in [-0.2, 0) is 11.2 Å². The van der Waals surface area contributed by atoms with Gasteiger partial charge in [0.2, 0.25) is 0 Å². The Bertz CT molecular complexity index is 1290. The standard InChI is InChI=1S/C26H21ClF3NO5S.Na/c27-21-13-20-19(25(33)34)10-12-35-22(20)14-23(21)36-17-5-3-16(4-6-17)24(32)31-11-9-15-1-7-18(8-2-15)37-26(28,29)30;/h1-8,13-14,19H,9-12H2,(H,31,32)(H,33,34);/q;+1/p-1. The number of thioether (sulfide) groups is 1. The number of hydrogen-bond donors (Lipinski definition) is 1. The average Bonchev–Trinajstić information content (AvgIpc) is 2.84. The van der Waals surface area contributed by atoms with E-state index in [9.17, 15) is 27.9 Å². The summed E-state index contributed by atoms with van der Waals surface area (Å²) in [4.78, 5) is 23.9. The van der Waals surface area contributed by atoms with Crippen molar-refractivity contribution in [3.63, 3.8) is 0 Å². The molecule has 4 rings (SSSR count). The summed E-state index contributed by atoms with van der Waals surface area (Å²) in [6.45, 7) is 0.541. The molecule has 1 aliphatic rings. The Hall–Kier alpha value is -2.37. The zero-order valence-corrected chi connectivity index (χ0v) is 23.7. The second-order valence-electron chi connectivity index (χ2n) is 8.15. The zero-order chi connectivity index (χ0) is 26.6. The molecule has 3 aromatic rings. The number of aliphatic carboxylic acids is 1. The van der Waals surface area contributed by atoms with Crippen LogP contribution in [0.4, 0.5) is 13.2 Å². The first-order chi connectivity index (χ1) is 17.6. The van der Waals surface area contributed by atoms with Crippen molar-refractivity contribution in [3.8, 4) is 17.2 Å². The van der Waals surface area contributed by atoms with Gasteiger partial charge in [-0.1, -0.05) is 23.7 Å². The van der Waals surface area contributed by atoms with E-state index in [-0.39, 0.29) is 69.5 Å². The van der Waals surface area contributed by atoms with Crippen molar-refractivity contribution in [2.45, 2.75) is 29.2 Å². The van der Waals surface area contributed by atoms with E-state index >= 15 is 0 Å². The minimum absolute atomic E-state index is 0. The van der Waals surface area contributed by atoms with E-state index in [1.165, 1.54) is 24.3 Å². The first kappa shape index (κ1) is 30.2. The molecule has 1 N–H and O–H groups in total. The summed E-state index contributed by atoms with van der Waals surface area (Å²) in [5.74, 6) is -1.27. The number of hydrogen-bond acceptors (Lipinski definition) is 6. The Balaban J connectivity index is 0.00000400. The van der Waals surface area contributed by atoms with Crippen LogP contribution >= 0.6 is 23.4 Å². The molecule has 1 heterocycles. The third-order valence-electron chi connectivity index (χ3n) is 5.59. The third-order valence-corrected chi connectivity index (χ3v) is 6.62. The number of carboxylic acid groups (broad SMARTS) is 1. The number of rotatable bonds is 8. The van der Waals surface area contributed by atoms with Crippen molar-refractivity contribution in [3.05, 3.63) is 82.4 Å². The molecule has 0 aliphatic carbocycles. The fraction of sp³-hybridized carbons (Fsp3) is 0.231. The quantitative estimate of drug-likeness (QED) is 0.329. The van der Waals surface area contributed by atoms with E-state index < -0.39 is 17.4 Å². The summed E-state index contributed by atoms with van der Waals surface area (Å²) in [6.07, 6.45) is 0.754. The first-order valence-electron chi connectivity index (χ1n) is 11.2. The molecule has 38 heavy (non-hydrogen) atoms. The van der Waals surface area contributed by atoms with E-state index in [1.54, 1.807) is 36.4 Å². The monoisotopic (exact) mass is 573 g/mol. The van der Waals surface area contributed by atoms with Crippen molar-refractivity contribution < 1.29 is 66.9 Å². The van der Waals surface area contributed by atoms with Gasteiger partial charge in [0.05, 0.1) is 11.6 Å². The van der Waals surface area contributed by atoms with E-state index in [2.05, 4.69) is 5.32 Å². The van der Waals surface area contributed by atoms with Crippen LogP contribution in [0.25, 0.3) is 0 Å². The number of benzene rings is 3. The van der Waals surface area contributed by atoms with Gasteiger partial charge in [-0.25, -0.2) is 0 Å². The number of fused-ring (bicyclic) bond motifs is 1. The van der Waals surface area contributed by atoms with Gasteiger partial charge in [-0.3, -0.25) is 4.79 Å². The van der Waals surface area contributed by atoms with Gasteiger partial charge in [0.25, 0.3) is 5.91 Å². The van der Waals surface area contributed by atoms with E-state index in [4.69, 9.17) is 21.1 Å². The molecule has 0 spiro atoms. The van der Waals surface area contributed by atoms with Crippen LogP contribution in [0.15, 0.2) is 65.6 Å². The molecular weight excluding hydrogens is 554 g/mol. The molecule has 0 radical (unpaired) electrons. The molecule has 0 bridgehead atoms. The second-order valence-corrected chi connectivity index (χ2v) is 9.70. The van der Waals surface area contributed by atoms with Crippen LogP contribution < -0.4 is 49.5 Å². The zero-order valence-electron chi connectivity index (χ0n) is 20.1. The van der Waals surface area contributed by atoms with Crippen LogP contribution in [0.5, 0.6) is 17.2 Å². The van der Waals surface area contributed by atoms with Crippen molar-refractivity contribution in [1.29, 1.82) is 0 Å².